The van der Waals surface area contributed by atoms with E-state index in [0.29, 0.717) is 11.8 Å². The van der Waals surface area contributed by atoms with Crippen molar-refractivity contribution in [2.24, 2.45) is 0 Å². The Bertz CT molecular complexity index is 601. The fourth-order valence-corrected chi connectivity index (χ4v) is 2.53. The highest BCUT2D eigenvalue weighted by Gasteiger charge is 2.17. The highest BCUT2D eigenvalue weighted by Crippen LogP contribution is 2.32. The number of rotatable bonds is 2. The van der Waals surface area contributed by atoms with E-state index in [4.69, 9.17) is 0 Å². The molecule has 0 fully saturated rings. The molecule has 3 rings (SSSR count). The molecule has 1 aliphatic carbocycles. The van der Waals surface area contributed by atoms with Crippen LogP contribution in [0.3, 0.4) is 0 Å². The van der Waals surface area contributed by atoms with Crippen molar-refractivity contribution in [3.63, 3.8) is 0 Å². The topological polar surface area (TPSA) is 34.1 Å². The van der Waals surface area contributed by atoms with Gasteiger partial charge in [0.05, 0.1) is 0 Å². The molecule has 16 heavy (non-hydrogen) atoms. The number of benzene rings is 2. The Morgan fingerprint density at radius 2 is 1.81 bits per heavy atom. The van der Waals surface area contributed by atoms with Gasteiger partial charge < -0.3 is 0 Å². The quantitative estimate of drug-likeness (QED) is 0.433. The van der Waals surface area contributed by atoms with Gasteiger partial charge in [0.2, 0.25) is 5.78 Å². The van der Waals surface area contributed by atoms with Crippen LogP contribution in [0.4, 0.5) is 0 Å². The molecule has 78 valence electrons. The van der Waals surface area contributed by atoms with Gasteiger partial charge in [-0.1, -0.05) is 30.3 Å². The van der Waals surface area contributed by atoms with Gasteiger partial charge in [0.15, 0.2) is 6.29 Å². The second-order valence-corrected chi connectivity index (χ2v) is 4.09. The van der Waals surface area contributed by atoms with E-state index in [-0.39, 0.29) is 0 Å². The molecule has 2 aromatic carbocycles. The molecule has 0 amide bonds. The van der Waals surface area contributed by atoms with E-state index >= 15 is 0 Å². The molecule has 2 heteroatoms. The molecule has 0 N–H and O–H groups in total. The Hall–Kier alpha value is -1.96. The summed E-state index contributed by atoms with van der Waals surface area (Å²) in [5.41, 5.74) is 3.10. The van der Waals surface area contributed by atoms with Gasteiger partial charge in [-0.3, -0.25) is 9.59 Å². The first-order chi connectivity index (χ1) is 7.81. The third-order valence-electron chi connectivity index (χ3n) is 3.25. The molecule has 0 aliphatic heterocycles. The number of carbonyl (C=O) groups excluding carboxylic acids is 2. The van der Waals surface area contributed by atoms with Crippen LogP contribution in [0.2, 0.25) is 0 Å². The molecular formula is C14H10O2. The minimum absolute atomic E-state index is 0.388. The summed E-state index contributed by atoms with van der Waals surface area (Å²) < 4.78 is 0. The van der Waals surface area contributed by atoms with Crippen LogP contribution in [0.5, 0.6) is 0 Å². The molecule has 2 aromatic rings. The zero-order valence-electron chi connectivity index (χ0n) is 8.69. The maximum atomic E-state index is 11.5. The average molecular weight is 210 g/mol. The SMILES string of the molecule is O=CC(=O)c1ccc2c3c(cccc13)CC2. The van der Waals surface area contributed by atoms with Gasteiger partial charge >= 0.3 is 0 Å². The van der Waals surface area contributed by atoms with Crippen molar-refractivity contribution in [2.75, 3.05) is 0 Å². The number of hydrogen-bond acceptors (Lipinski definition) is 2. The lowest BCUT2D eigenvalue weighted by Gasteiger charge is -2.05. The van der Waals surface area contributed by atoms with E-state index in [2.05, 4.69) is 6.07 Å². The normalized spacial score (nSPS) is 13.0. The van der Waals surface area contributed by atoms with Gasteiger partial charge in [-0.25, -0.2) is 0 Å². The molecular weight excluding hydrogens is 200 g/mol. The van der Waals surface area contributed by atoms with Crippen molar-refractivity contribution < 1.29 is 9.59 Å². The van der Waals surface area contributed by atoms with Crippen molar-refractivity contribution >= 4 is 22.8 Å². The van der Waals surface area contributed by atoms with Crippen LogP contribution in [-0.2, 0) is 17.6 Å². The van der Waals surface area contributed by atoms with Crippen LogP contribution >= 0.6 is 0 Å². The van der Waals surface area contributed by atoms with E-state index in [1.54, 1.807) is 6.07 Å². The van der Waals surface area contributed by atoms with Crippen molar-refractivity contribution in [1.29, 1.82) is 0 Å². The van der Waals surface area contributed by atoms with E-state index in [1.807, 2.05) is 18.2 Å². The number of hydrogen-bond donors (Lipinski definition) is 0. The Morgan fingerprint density at radius 1 is 1.06 bits per heavy atom. The van der Waals surface area contributed by atoms with Crippen LogP contribution in [-0.4, -0.2) is 12.1 Å². The van der Waals surface area contributed by atoms with Crippen LogP contribution in [0.15, 0.2) is 30.3 Å². The van der Waals surface area contributed by atoms with Gasteiger partial charge in [0, 0.05) is 5.56 Å². The molecule has 0 aromatic heterocycles. The van der Waals surface area contributed by atoms with Crippen molar-refractivity contribution in [3.05, 3.63) is 47.0 Å². The number of carbonyl (C=O) groups is 2. The monoisotopic (exact) mass is 210 g/mol. The van der Waals surface area contributed by atoms with Crippen LogP contribution in [0.25, 0.3) is 10.8 Å². The molecule has 0 radical (unpaired) electrons. The molecule has 0 bridgehead atoms. The van der Waals surface area contributed by atoms with E-state index in [0.717, 1.165) is 18.2 Å². The van der Waals surface area contributed by atoms with Crippen LogP contribution < -0.4 is 0 Å². The van der Waals surface area contributed by atoms with Gasteiger partial charge in [0.25, 0.3) is 0 Å². The van der Waals surface area contributed by atoms with Gasteiger partial charge in [-0.05, 0) is 34.7 Å². The number of aryl methyl sites for hydroxylation is 2. The lowest BCUT2D eigenvalue weighted by Crippen LogP contribution is -2.01. The smallest absolute Gasteiger partial charge is 0.225 e. The minimum Gasteiger partial charge on any atom is -0.294 e. The average Bonchev–Trinajstić information content (AvgIpc) is 2.74. The summed E-state index contributed by atoms with van der Waals surface area (Å²) in [6.45, 7) is 0. The second kappa shape index (κ2) is 3.27. The first-order valence-electron chi connectivity index (χ1n) is 5.34. The maximum Gasteiger partial charge on any atom is 0.225 e. The third kappa shape index (κ3) is 1.13. The second-order valence-electron chi connectivity index (χ2n) is 4.09. The van der Waals surface area contributed by atoms with E-state index < -0.39 is 5.78 Å². The summed E-state index contributed by atoms with van der Waals surface area (Å²) in [6.07, 6.45) is 2.45. The summed E-state index contributed by atoms with van der Waals surface area (Å²) in [4.78, 5) is 22.1. The van der Waals surface area contributed by atoms with Crippen molar-refractivity contribution in [1.82, 2.24) is 0 Å². The summed E-state index contributed by atoms with van der Waals surface area (Å²) in [7, 11) is 0. The minimum atomic E-state index is -0.435. The van der Waals surface area contributed by atoms with Gasteiger partial charge in [-0.15, -0.1) is 0 Å². The Morgan fingerprint density at radius 3 is 2.56 bits per heavy atom. The van der Waals surface area contributed by atoms with Crippen LogP contribution in [0.1, 0.15) is 21.5 Å². The molecule has 1 aliphatic rings. The summed E-state index contributed by atoms with van der Waals surface area (Å²) in [5.74, 6) is -0.435. The molecule has 0 saturated heterocycles. The van der Waals surface area contributed by atoms with Crippen LogP contribution in [0, 0.1) is 0 Å². The fraction of sp³-hybridized carbons (Fsp3) is 0.143. The lowest BCUT2D eigenvalue weighted by molar-refractivity contribution is -0.104. The largest absolute Gasteiger partial charge is 0.294 e. The molecule has 2 nitrogen and oxygen atoms in total. The number of aldehydes is 1. The molecule has 0 heterocycles. The fourth-order valence-electron chi connectivity index (χ4n) is 2.53. The Kier molecular flexibility index (Phi) is 1.90. The third-order valence-corrected chi connectivity index (χ3v) is 3.25. The Balaban J connectivity index is 2.42. The van der Waals surface area contributed by atoms with Crippen molar-refractivity contribution in [3.8, 4) is 0 Å². The summed E-state index contributed by atoms with van der Waals surface area (Å²) in [5, 5.41) is 2.10. The van der Waals surface area contributed by atoms with Gasteiger partial charge in [0.1, 0.15) is 0 Å². The van der Waals surface area contributed by atoms with Gasteiger partial charge in [-0.2, -0.15) is 0 Å². The Labute approximate surface area is 92.9 Å². The standard InChI is InChI=1S/C14H10O2/c15-8-13(16)11-7-6-10-5-4-9-2-1-3-12(11)14(9)10/h1-3,6-8H,4-5H2. The molecule has 0 saturated carbocycles. The predicted octanol–water partition coefficient (Wildman–Crippen LogP) is 2.32. The van der Waals surface area contributed by atoms with E-state index in [9.17, 15) is 9.59 Å². The molecule has 0 spiro atoms. The number of ketones is 1. The summed E-state index contributed by atoms with van der Waals surface area (Å²) >= 11 is 0. The van der Waals surface area contributed by atoms with Crippen molar-refractivity contribution in [2.45, 2.75) is 12.8 Å². The zero-order chi connectivity index (χ0) is 11.1. The lowest BCUT2D eigenvalue weighted by atomic mass is 9.98. The first kappa shape index (κ1) is 9.28. The highest BCUT2D eigenvalue weighted by atomic mass is 16.2. The predicted molar refractivity (Wildman–Crippen MR) is 61.8 cm³/mol. The first-order valence-corrected chi connectivity index (χ1v) is 5.34. The molecule has 0 atom stereocenters. The zero-order valence-corrected chi connectivity index (χ0v) is 8.69. The maximum absolute atomic E-state index is 11.5. The van der Waals surface area contributed by atoms with E-state index in [1.165, 1.54) is 16.5 Å². The molecule has 0 unspecified atom stereocenters. The highest BCUT2D eigenvalue weighted by molar-refractivity contribution is 6.36. The number of Topliss-reactive ketones (excluding diaryl/α,β-unsaturated/α-hetero) is 1. The summed E-state index contributed by atoms with van der Waals surface area (Å²) in [6, 6.07) is 9.70.